The van der Waals surface area contributed by atoms with Crippen LogP contribution in [0.15, 0.2) is 30.3 Å². The molecule has 5 heteroatoms. The summed E-state index contributed by atoms with van der Waals surface area (Å²) in [5, 5.41) is 12.9. The third-order valence-corrected chi connectivity index (χ3v) is 4.38. The maximum absolute atomic E-state index is 9.54. The summed E-state index contributed by atoms with van der Waals surface area (Å²) in [6, 6.07) is 12.7. The Kier molecular flexibility index (Phi) is 2.98. The van der Waals surface area contributed by atoms with E-state index in [9.17, 15) is 5.26 Å². The fourth-order valence-electron chi connectivity index (χ4n) is 3.28. The Morgan fingerprint density at radius 2 is 2.00 bits per heavy atom. The molecule has 3 aromatic rings. The van der Waals surface area contributed by atoms with Crippen LogP contribution in [0.25, 0.3) is 16.7 Å². The summed E-state index contributed by atoms with van der Waals surface area (Å²) in [5.41, 5.74) is 4.79. The summed E-state index contributed by atoms with van der Waals surface area (Å²) in [7, 11) is 0. The maximum atomic E-state index is 9.54. The standard InChI is InChI=1S/C17H17N5/c1-12-10-16(21-8-6-19-7-9-21)22-15-5-3-2-4-14(15)20-17(22)13(12)11-18/h2-5,10,19H,6-9H2,1H3/p+1. The molecule has 0 unspecified atom stereocenters. The minimum atomic E-state index is 0.718. The number of benzene rings is 1. The number of pyridine rings is 1. The van der Waals surface area contributed by atoms with Crippen LogP contribution in [0.1, 0.15) is 11.1 Å². The lowest BCUT2D eigenvalue weighted by molar-refractivity contribution is -0.467. The van der Waals surface area contributed by atoms with Gasteiger partial charge in [0.05, 0.1) is 13.1 Å². The van der Waals surface area contributed by atoms with Gasteiger partial charge in [0.25, 0.3) is 0 Å². The second-order valence-corrected chi connectivity index (χ2v) is 5.74. The molecule has 22 heavy (non-hydrogen) atoms. The first-order valence-corrected chi connectivity index (χ1v) is 7.61. The second-order valence-electron chi connectivity index (χ2n) is 5.74. The number of aryl methyl sites for hydroxylation is 1. The quantitative estimate of drug-likeness (QED) is 0.668. The van der Waals surface area contributed by atoms with E-state index < -0.39 is 0 Å². The van der Waals surface area contributed by atoms with Crippen molar-refractivity contribution in [1.29, 1.82) is 5.26 Å². The van der Waals surface area contributed by atoms with Crippen molar-refractivity contribution in [3.05, 3.63) is 41.5 Å². The van der Waals surface area contributed by atoms with Gasteiger partial charge in [-0.2, -0.15) is 9.66 Å². The van der Waals surface area contributed by atoms with Gasteiger partial charge in [-0.15, -0.1) is 0 Å². The first-order chi connectivity index (χ1) is 10.8. The lowest BCUT2D eigenvalue weighted by atomic mass is 10.1. The number of fused-ring (bicyclic) bond motifs is 3. The van der Waals surface area contributed by atoms with Crippen molar-refractivity contribution >= 4 is 22.5 Å². The molecule has 4 rings (SSSR count). The number of anilines is 1. The van der Waals surface area contributed by atoms with Crippen molar-refractivity contribution in [3.8, 4) is 6.07 Å². The molecular weight excluding hydrogens is 274 g/mol. The van der Waals surface area contributed by atoms with Crippen LogP contribution >= 0.6 is 0 Å². The maximum Gasteiger partial charge on any atom is 0.250 e. The number of rotatable bonds is 1. The number of para-hydroxylation sites is 2. The minimum Gasteiger partial charge on any atom is -0.310 e. The number of piperazine rings is 1. The summed E-state index contributed by atoms with van der Waals surface area (Å²) in [6.45, 7) is 5.95. The molecule has 3 heterocycles. The molecule has 1 aliphatic heterocycles. The summed E-state index contributed by atoms with van der Waals surface area (Å²) >= 11 is 0. The van der Waals surface area contributed by atoms with E-state index in [-0.39, 0.29) is 0 Å². The molecule has 0 aliphatic carbocycles. The molecule has 2 aromatic heterocycles. The molecule has 0 bridgehead atoms. The highest BCUT2D eigenvalue weighted by molar-refractivity contribution is 5.77. The number of hydrogen-bond acceptors (Lipinski definition) is 3. The van der Waals surface area contributed by atoms with Gasteiger partial charge in [0.15, 0.2) is 0 Å². The number of imidazole rings is 1. The van der Waals surface area contributed by atoms with E-state index in [2.05, 4.69) is 43.9 Å². The van der Waals surface area contributed by atoms with Crippen molar-refractivity contribution in [2.75, 3.05) is 31.1 Å². The SMILES string of the molecule is Cc1cc(N2CCNCC2)[n+]2c([nH]c3ccccc32)c1C#N. The van der Waals surface area contributed by atoms with Crippen LogP contribution in [-0.4, -0.2) is 31.2 Å². The van der Waals surface area contributed by atoms with E-state index >= 15 is 0 Å². The van der Waals surface area contributed by atoms with Gasteiger partial charge in [-0.05, 0) is 24.6 Å². The molecule has 1 aliphatic rings. The summed E-state index contributed by atoms with van der Waals surface area (Å²) < 4.78 is 2.19. The summed E-state index contributed by atoms with van der Waals surface area (Å²) in [5.74, 6) is 1.16. The van der Waals surface area contributed by atoms with Gasteiger partial charge >= 0.3 is 0 Å². The van der Waals surface area contributed by atoms with Gasteiger partial charge in [-0.3, -0.25) is 9.88 Å². The van der Waals surface area contributed by atoms with Crippen LogP contribution in [0.3, 0.4) is 0 Å². The van der Waals surface area contributed by atoms with Crippen LogP contribution < -0.4 is 14.6 Å². The largest absolute Gasteiger partial charge is 0.310 e. The van der Waals surface area contributed by atoms with E-state index in [1.807, 2.05) is 19.1 Å². The third-order valence-electron chi connectivity index (χ3n) is 4.38. The van der Waals surface area contributed by atoms with E-state index in [0.717, 1.165) is 59.8 Å². The Balaban J connectivity index is 2.09. The van der Waals surface area contributed by atoms with Crippen molar-refractivity contribution < 1.29 is 4.40 Å². The Bertz CT molecular complexity index is 897. The topological polar surface area (TPSA) is 58.9 Å². The van der Waals surface area contributed by atoms with Gasteiger partial charge in [0, 0.05) is 19.2 Å². The van der Waals surface area contributed by atoms with Crippen LogP contribution in [0, 0.1) is 18.3 Å². The Labute approximate surface area is 128 Å². The first-order valence-electron chi connectivity index (χ1n) is 7.61. The zero-order chi connectivity index (χ0) is 15.1. The van der Waals surface area contributed by atoms with Crippen molar-refractivity contribution in [2.45, 2.75) is 6.92 Å². The monoisotopic (exact) mass is 292 g/mol. The van der Waals surface area contributed by atoms with E-state index in [0.29, 0.717) is 0 Å². The van der Waals surface area contributed by atoms with Gasteiger partial charge < -0.3 is 5.32 Å². The fraction of sp³-hybridized carbons (Fsp3) is 0.294. The number of nitriles is 1. The second kappa shape index (κ2) is 5.00. The molecule has 0 spiro atoms. The van der Waals surface area contributed by atoms with Gasteiger partial charge in [0.1, 0.15) is 22.7 Å². The zero-order valence-corrected chi connectivity index (χ0v) is 12.6. The molecule has 0 saturated carbocycles. The number of H-pyrrole nitrogens is 1. The Morgan fingerprint density at radius 1 is 1.23 bits per heavy atom. The van der Waals surface area contributed by atoms with Crippen molar-refractivity contribution in [3.63, 3.8) is 0 Å². The molecule has 2 N–H and O–H groups in total. The van der Waals surface area contributed by atoms with Gasteiger partial charge in [-0.1, -0.05) is 12.1 Å². The highest BCUT2D eigenvalue weighted by Crippen LogP contribution is 2.22. The lowest BCUT2D eigenvalue weighted by Gasteiger charge is -2.25. The highest BCUT2D eigenvalue weighted by atomic mass is 15.3. The number of nitrogens with zero attached hydrogens (tertiary/aromatic N) is 3. The normalized spacial score (nSPS) is 15.4. The molecule has 110 valence electrons. The number of aromatic nitrogens is 2. The predicted octanol–water partition coefficient (Wildman–Crippen LogP) is 1.50. The number of aromatic amines is 1. The Morgan fingerprint density at radius 3 is 2.77 bits per heavy atom. The zero-order valence-electron chi connectivity index (χ0n) is 12.6. The van der Waals surface area contributed by atoms with Crippen molar-refractivity contribution in [2.24, 2.45) is 0 Å². The summed E-state index contributed by atoms with van der Waals surface area (Å²) in [6.07, 6.45) is 0. The summed E-state index contributed by atoms with van der Waals surface area (Å²) in [4.78, 5) is 5.80. The first kappa shape index (κ1) is 13.1. The van der Waals surface area contributed by atoms with E-state index in [4.69, 9.17) is 0 Å². The molecule has 0 atom stereocenters. The average Bonchev–Trinajstić information content (AvgIpc) is 2.94. The fourth-order valence-corrected chi connectivity index (χ4v) is 3.28. The van der Waals surface area contributed by atoms with Gasteiger partial charge in [0.2, 0.25) is 11.5 Å². The molecule has 0 amide bonds. The lowest BCUT2D eigenvalue weighted by Crippen LogP contribution is -2.47. The highest BCUT2D eigenvalue weighted by Gasteiger charge is 2.25. The number of nitrogens with one attached hydrogen (secondary N) is 2. The average molecular weight is 292 g/mol. The molecular formula is C17H18N5+. The number of hydrogen-bond donors (Lipinski definition) is 2. The molecule has 1 fully saturated rings. The van der Waals surface area contributed by atoms with Crippen molar-refractivity contribution in [1.82, 2.24) is 10.3 Å². The van der Waals surface area contributed by atoms with E-state index in [1.54, 1.807) is 0 Å². The van der Waals surface area contributed by atoms with Crippen LogP contribution in [0.5, 0.6) is 0 Å². The molecule has 5 nitrogen and oxygen atoms in total. The van der Waals surface area contributed by atoms with Crippen LogP contribution in [0.4, 0.5) is 5.82 Å². The molecule has 0 radical (unpaired) electrons. The molecule has 1 aromatic carbocycles. The van der Waals surface area contributed by atoms with Crippen LogP contribution in [-0.2, 0) is 0 Å². The van der Waals surface area contributed by atoms with E-state index in [1.165, 1.54) is 0 Å². The van der Waals surface area contributed by atoms with Crippen LogP contribution in [0.2, 0.25) is 0 Å². The third kappa shape index (κ3) is 1.85. The van der Waals surface area contributed by atoms with Gasteiger partial charge in [-0.25, -0.2) is 0 Å². The Hall–Kier alpha value is -2.58. The predicted molar refractivity (Wildman–Crippen MR) is 86.0 cm³/mol. The minimum absolute atomic E-state index is 0.718. The molecule has 1 saturated heterocycles. The smallest absolute Gasteiger partial charge is 0.250 e.